The Hall–Kier alpha value is -1.38. The number of hydrogen-bond acceptors (Lipinski definition) is 3. The number of phenolic OH excluding ortho intramolecular Hbond substituents is 1. The van der Waals surface area contributed by atoms with Gasteiger partial charge >= 0.3 is 0 Å². The molecule has 0 bridgehead atoms. The first kappa shape index (κ1) is 8.23. The molecule has 0 atom stereocenters. The summed E-state index contributed by atoms with van der Waals surface area (Å²) in [5.41, 5.74) is 7.28. The summed E-state index contributed by atoms with van der Waals surface area (Å²) in [6.07, 6.45) is 3.75. The third-order valence-corrected chi connectivity index (χ3v) is 2.50. The summed E-state index contributed by atoms with van der Waals surface area (Å²) in [6.45, 7) is 0. The molecule has 4 N–H and O–H groups in total. The van der Waals surface area contributed by atoms with E-state index in [4.69, 9.17) is 10.8 Å². The van der Waals surface area contributed by atoms with E-state index in [0.717, 1.165) is 5.69 Å². The third-order valence-electron chi connectivity index (χ3n) is 2.50. The van der Waals surface area contributed by atoms with Crippen LogP contribution in [0.4, 0.5) is 11.4 Å². The molecule has 0 amide bonds. The van der Waals surface area contributed by atoms with Gasteiger partial charge in [-0.05, 0) is 31.4 Å². The van der Waals surface area contributed by atoms with Crippen molar-refractivity contribution in [3.05, 3.63) is 18.2 Å². The lowest BCUT2D eigenvalue weighted by molar-refractivity contribution is 0.445. The van der Waals surface area contributed by atoms with Crippen molar-refractivity contribution in [3.8, 4) is 5.75 Å². The smallest absolute Gasteiger partial charge is 0.117 e. The SMILES string of the molecule is Nc1cc(O)ccc1NC1CCC1. The number of aromatic hydroxyl groups is 1. The van der Waals surface area contributed by atoms with Gasteiger partial charge in [-0.3, -0.25) is 0 Å². The molecule has 1 aliphatic rings. The molecule has 0 aromatic heterocycles. The number of nitrogens with one attached hydrogen (secondary N) is 1. The van der Waals surface area contributed by atoms with Crippen molar-refractivity contribution in [1.29, 1.82) is 0 Å². The molecule has 0 unspecified atom stereocenters. The highest BCUT2D eigenvalue weighted by atomic mass is 16.3. The molecule has 3 heteroatoms. The van der Waals surface area contributed by atoms with Gasteiger partial charge in [-0.1, -0.05) is 0 Å². The molecule has 1 aromatic rings. The molecule has 0 saturated heterocycles. The first-order valence-corrected chi connectivity index (χ1v) is 4.61. The van der Waals surface area contributed by atoms with Gasteiger partial charge in [-0.15, -0.1) is 0 Å². The van der Waals surface area contributed by atoms with Crippen LogP contribution in [-0.2, 0) is 0 Å². The van der Waals surface area contributed by atoms with Gasteiger partial charge in [0.2, 0.25) is 0 Å². The maximum Gasteiger partial charge on any atom is 0.117 e. The largest absolute Gasteiger partial charge is 0.508 e. The maximum atomic E-state index is 9.14. The Labute approximate surface area is 77.6 Å². The van der Waals surface area contributed by atoms with Gasteiger partial charge in [0.15, 0.2) is 0 Å². The molecule has 0 spiro atoms. The Balaban J connectivity index is 2.10. The fourth-order valence-corrected chi connectivity index (χ4v) is 1.45. The van der Waals surface area contributed by atoms with E-state index in [1.54, 1.807) is 12.1 Å². The highest BCUT2D eigenvalue weighted by Gasteiger charge is 2.17. The van der Waals surface area contributed by atoms with E-state index in [1.165, 1.54) is 19.3 Å². The fourth-order valence-electron chi connectivity index (χ4n) is 1.45. The molecule has 70 valence electrons. The number of anilines is 2. The van der Waals surface area contributed by atoms with Crippen LogP contribution in [0, 0.1) is 0 Å². The maximum absolute atomic E-state index is 9.14. The standard InChI is InChI=1S/C10H14N2O/c11-9-6-8(13)4-5-10(9)12-7-2-1-3-7/h4-7,12-13H,1-3,11H2. The predicted molar refractivity (Wildman–Crippen MR) is 53.8 cm³/mol. The molecule has 0 aliphatic heterocycles. The second-order valence-corrected chi connectivity index (χ2v) is 3.54. The van der Waals surface area contributed by atoms with E-state index in [2.05, 4.69) is 5.32 Å². The van der Waals surface area contributed by atoms with Crippen molar-refractivity contribution in [2.75, 3.05) is 11.1 Å². The number of rotatable bonds is 2. The van der Waals surface area contributed by atoms with Crippen LogP contribution in [0.1, 0.15) is 19.3 Å². The topological polar surface area (TPSA) is 58.3 Å². The van der Waals surface area contributed by atoms with Gasteiger partial charge in [0.25, 0.3) is 0 Å². The summed E-state index contributed by atoms with van der Waals surface area (Å²) in [5, 5.41) is 12.5. The summed E-state index contributed by atoms with van der Waals surface area (Å²) in [6, 6.07) is 5.62. The Bertz CT molecular complexity index is 308. The molecule has 1 fully saturated rings. The molecule has 13 heavy (non-hydrogen) atoms. The normalized spacial score (nSPS) is 16.6. The zero-order valence-electron chi connectivity index (χ0n) is 7.46. The number of nitrogens with two attached hydrogens (primary N) is 1. The van der Waals surface area contributed by atoms with E-state index in [-0.39, 0.29) is 5.75 Å². The number of hydrogen-bond donors (Lipinski definition) is 3. The average Bonchev–Trinajstić information content (AvgIpc) is 1.99. The van der Waals surface area contributed by atoms with Gasteiger partial charge in [0, 0.05) is 12.1 Å². The van der Waals surface area contributed by atoms with Gasteiger partial charge in [0.1, 0.15) is 5.75 Å². The van der Waals surface area contributed by atoms with Gasteiger partial charge in [-0.2, -0.15) is 0 Å². The Kier molecular flexibility index (Phi) is 2.00. The molecular weight excluding hydrogens is 164 g/mol. The van der Waals surface area contributed by atoms with Crippen LogP contribution in [0.3, 0.4) is 0 Å². The van der Waals surface area contributed by atoms with Crippen LogP contribution >= 0.6 is 0 Å². The third kappa shape index (κ3) is 1.69. The minimum absolute atomic E-state index is 0.219. The summed E-state index contributed by atoms with van der Waals surface area (Å²) in [5.74, 6) is 0.219. The van der Waals surface area contributed by atoms with Crippen molar-refractivity contribution in [2.45, 2.75) is 25.3 Å². The summed E-state index contributed by atoms with van der Waals surface area (Å²) < 4.78 is 0. The molecule has 1 aromatic carbocycles. The summed E-state index contributed by atoms with van der Waals surface area (Å²) in [7, 11) is 0. The van der Waals surface area contributed by atoms with Crippen LogP contribution in [0.5, 0.6) is 5.75 Å². The Morgan fingerprint density at radius 2 is 2.15 bits per heavy atom. The lowest BCUT2D eigenvalue weighted by atomic mass is 9.93. The van der Waals surface area contributed by atoms with Crippen molar-refractivity contribution in [1.82, 2.24) is 0 Å². The molecule has 0 radical (unpaired) electrons. The fraction of sp³-hybridized carbons (Fsp3) is 0.400. The van der Waals surface area contributed by atoms with Gasteiger partial charge in [0.05, 0.1) is 11.4 Å². The highest BCUT2D eigenvalue weighted by Crippen LogP contribution is 2.28. The Morgan fingerprint density at radius 3 is 2.69 bits per heavy atom. The van der Waals surface area contributed by atoms with Crippen LogP contribution in [0.25, 0.3) is 0 Å². The number of benzene rings is 1. The molecule has 1 saturated carbocycles. The predicted octanol–water partition coefficient (Wildman–Crippen LogP) is 1.94. The summed E-state index contributed by atoms with van der Waals surface area (Å²) >= 11 is 0. The quantitative estimate of drug-likeness (QED) is 0.479. The number of phenols is 1. The van der Waals surface area contributed by atoms with E-state index in [9.17, 15) is 0 Å². The first-order chi connectivity index (χ1) is 6.25. The van der Waals surface area contributed by atoms with E-state index in [1.807, 2.05) is 6.07 Å². The van der Waals surface area contributed by atoms with Crippen LogP contribution in [-0.4, -0.2) is 11.1 Å². The van der Waals surface area contributed by atoms with Gasteiger partial charge in [-0.25, -0.2) is 0 Å². The lowest BCUT2D eigenvalue weighted by Crippen LogP contribution is -2.27. The molecular formula is C10H14N2O. The van der Waals surface area contributed by atoms with Crippen molar-refractivity contribution in [3.63, 3.8) is 0 Å². The van der Waals surface area contributed by atoms with Crippen molar-refractivity contribution < 1.29 is 5.11 Å². The van der Waals surface area contributed by atoms with Gasteiger partial charge < -0.3 is 16.2 Å². The lowest BCUT2D eigenvalue weighted by Gasteiger charge is -2.28. The zero-order valence-corrected chi connectivity index (χ0v) is 7.46. The molecule has 2 rings (SSSR count). The highest BCUT2D eigenvalue weighted by molar-refractivity contribution is 5.68. The van der Waals surface area contributed by atoms with Crippen LogP contribution in [0.15, 0.2) is 18.2 Å². The number of nitrogen functional groups attached to an aromatic ring is 1. The van der Waals surface area contributed by atoms with E-state index >= 15 is 0 Å². The average molecular weight is 178 g/mol. The zero-order chi connectivity index (χ0) is 9.26. The first-order valence-electron chi connectivity index (χ1n) is 4.61. The summed E-state index contributed by atoms with van der Waals surface area (Å²) in [4.78, 5) is 0. The minimum Gasteiger partial charge on any atom is -0.508 e. The van der Waals surface area contributed by atoms with Crippen LogP contribution < -0.4 is 11.1 Å². The van der Waals surface area contributed by atoms with E-state index < -0.39 is 0 Å². The monoisotopic (exact) mass is 178 g/mol. The molecule has 0 heterocycles. The van der Waals surface area contributed by atoms with Crippen molar-refractivity contribution in [2.24, 2.45) is 0 Å². The van der Waals surface area contributed by atoms with E-state index in [0.29, 0.717) is 11.7 Å². The van der Waals surface area contributed by atoms with Crippen molar-refractivity contribution >= 4 is 11.4 Å². The molecule has 3 nitrogen and oxygen atoms in total. The minimum atomic E-state index is 0.219. The Morgan fingerprint density at radius 1 is 1.38 bits per heavy atom. The second kappa shape index (κ2) is 3.17. The second-order valence-electron chi connectivity index (χ2n) is 3.54. The molecule has 1 aliphatic carbocycles. The van der Waals surface area contributed by atoms with Crippen LogP contribution in [0.2, 0.25) is 0 Å².